The maximum absolute atomic E-state index is 11.3. The highest BCUT2D eigenvalue weighted by Crippen LogP contribution is 2.18. The lowest BCUT2D eigenvalue weighted by atomic mass is 10.2. The van der Waals surface area contributed by atoms with E-state index in [1.54, 1.807) is 29.2 Å². The third-order valence-corrected chi connectivity index (χ3v) is 2.21. The molecule has 5 heteroatoms. The number of esters is 1. The molecule has 0 N–H and O–H groups in total. The number of ether oxygens (including phenoxy) is 1. The lowest BCUT2D eigenvalue weighted by Crippen LogP contribution is -2.03. The molecule has 72 valence electrons. The Balaban J connectivity index is 2.64. The van der Waals surface area contributed by atoms with Crippen LogP contribution in [0.2, 0.25) is 5.02 Å². The molecule has 0 aliphatic heterocycles. The molecule has 0 fully saturated rings. The van der Waals surface area contributed by atoms with E-state index in [9.17, 15) is 4.79 Å². The van der Waals surface area contributed by atoms with Gasteiger partial charge in [-0.25, -0.2) is 9.78 Å². The zero-order chi connectivity index (χ0) is 10.1. The third-order valence-electron chi connectivity index (χ3n) is 1.90. The van der Waals surface area contributed by atoms with E-state index >= 15 is 0 Å². The Morgan fingerprint density at radius 1 is 1.64 bits per heavy atom. The van der Waals surface area contributed by atoms with Gasteiger partial charge in [-0.3, -0.25) is 0 Å². The summed E-state index contributed by atoms with van der Waals surface area (Å²) in [6, 6.07) is 1.67. The molecule has 2 rings (SSSR count). The number of pyridine rings is 1. The van der Waals surface area contributed by atoms with Gasteiger partial charge in [-0.05, 0) is 6.07 Å². The number of aromatic nitrogens is 2. The van der Waals surface area contributed by atoms with Gasteiger partial charge in [0.2, 0.25) is 0 Å². The van der Waals surface area contributed by atoms with Crippen molar-refractivity contribution in [1.29, 1.82) is 0 Å². The van der Waals surface area contributed by atoms with Crippen LogP contribution in [0.25, 0.3) is 5.52 Å². The normalized spacial score (nSPS) is 10.4. The maximum Gasteiger partial charge on any atom is 0.340 e. The van der Waals surface area contributed by atoms with Gasteiger partial charge in [-0.1, -0.05) is 11.6 Å². The molecule has 0 aliphatic carbocycles. The van der Waals surface area contributed by atoms with Crippen molar-refractivity contribution in [2.45, 2.75) is 0 Å². The quantitative estimate of drug-likeness (QED) is 0.674. The minimum atomic E-state index is -0.453. The van der Waals surface area contributed by atoms with Gasteiger partial charge in [0.05, 0.1) is 35.7 Å². The van der Waals surface area contributed by atoms with Crippen molar-refractivity contribution in [3.8, 4) is 0 Å². The van der Waals surface area contributed by atoms with Crippen molar-refractivity contribution in [1.82, 2.24) is 9.38 Å². The van der Waals surface area contributed by atoms with Gasteiger partial charge in [-0.2, -0.15) is 0 Å². The molecule has 0 spiro atoms. The molecule has 0 aromatic carbocycles. The Bertz CT molecular complexity index is 493. The van der Waals surface area contributed by atoms with Crippen LogP contribution in [0.5, 0.6) is 0 Å². The van der Waals surface area contributed by atoms with Crippen molar-refractivity contribution >= 4 is 23.1 Å². The monoisotopic (exact) mass is 210 g/mol. The first-order chi connectivity index (χ1) is 6.72. The Labute approximate surface area is 85.1 Å². The fourth-order valence-corrected chi connectivity index (χ4v) is 1.44. The molecule has 0 saturated carbocycles. The summed E-state index contributed by atoms with van der Waals surface area (Å²) >= 11 is 5.89. The van der Waals surface area contributed by atoms with Crippen LogP contribution >= 0.6 is 11.6 Å². The van der Waals surface area contributed by atoms with Crippen molar-refractivity contribution in [2.75, 3.05) is 7.11 Å². The molecule has 14 heavy (non-hydrogen) atoms. The van der Waals surface area contributed by atoms with Crippen LogP contribution in [0.4, 0.5) is 0 Å². The van der Waals surface area contributed by atoms with Gasteiger partial charge >= 0.3 is 5.97 Å². The molecule has 4 nitrogen and oxygen atoms in total. The molecule has 0 atom stereocenters. The highest BCUT2D eigenvalue weighted by atomic mass is 35.5. The van der Waals surface area contributed by atoms with E-state index in [1.807, 2.05) is 0 Å². The summed E-state index contributed by atoms with van der Waals surface area (Å²) in [6.07, 6.45) is 4.85. The standard InChI is InChI=1S/C9H7ClN2O2/c1-14-9(13)7-4-12-5-11-3-6(12)2-8(7)10/h2-5H,1H3. The number of hydrogen-bond donors (Lipinski definition) is 0. The Kier molecular flexibility index (Phi) is 2.13. The Hall–Kier alpha value is -1.55. The van der Waals surface area contributed by atoms with Gasteiger partial charge in [0.25, 0.3) is 0 Å². The van der Waals surface area contributed by atoms with Crippen LogP contribution < -0.4 is 0 Å². The van der Waals surface area contributed by atoms with Crippen LogP contribution in [0.3, 0.4) is 0 Å². The first-order valence-electron chi connectivity index (χ1n) is 3.92. The summed E-state index contributed by atoms with van der Waals surface area (Å²) < 4.78 is 6.29. The van der Waals surface area contributed by atoms with E-state index in [0.717, 1.165) is 5.52 Å². The molecule has 2 heterocycles. The van der Waals surface area contributed by atoms with Gasteiger partial charge in [0.15, 0.2) is 0 Å². The van der Waals surface area contributed by atoms with E-state index in [4.69, 9.17) is 11.6 Å². The molecule has 0 aliphatic rings. The van der Waals surface area contributed by atoms with E-state index < -0.39 is 5.97 Å². The number of fused-ring (bicyclic) bond motifs is 1. The number of rotatable bonds is 1. The minimum Gasteiger partial charge on any atom is -0.465 e. The van der Waals surface area contributed by atoms with E-state index in [-0.39, 0.29) is 0 Å². The van der Waals surface area contributed by atoms with Crippen LogP contribution in [-0.2, 0) is 4.74 Å². The molecule has 0 saturated heterocycles. The fraction of sp³-hybridized carbons (Fsp3) is 0.111. The Morgan fingerprint density at radius 3 is 3.14 bits per heavy atom. The SMILES string of the molecule is COC(=O)c1cn2cncc2cc1Cl. The van der Waals surface area contributed by atoms with E-state index in [2.05, 4.69) is 9.72 Å². The molecule has 0 radical (unpaired) electrons. The van der Waals surface area contributed by atoms with Gasteiger partial charge < -0.3 is 9.14 Å². The number of nitrogens with zero attached hydrogens (tertiary/aromatic N) is 2. The maximum atomic E-state index is 11.3. The largest absolute Gasteiger partial charge is 0.465 e. The second-order valence-electron chi connectivity index (χ2n) is 2.75. The molecule has 0 amide bonds. The predicted molar refractivity (Wildman–Crippen MR) is 51.5 cm³/mol. The fourth-order valence-electron chi connectivity index (χ4n) is 1.20. The zero-order valence-corrected chi connectivity index (χ0v) is 8.15. The molecular formula is C9H7ClN2O2. The number of carbonyl (C=O) groups excluding carboxylic acids is 1. The molecule has 0 unspecified atom stereocenters. The lowest BCUT2D eigenvalue weighted by molar-refractivity contribution is 0.0600. The second-order valence-corrected chi connectivity index (χ2v) is 3.16. The van der Waals surface area contributed by atoms with E-state index in [1.165, 1.54) is 7.11 Å². The van der Waals surface area contributed by atoms with Crippen LogP contribution in [-0.4, -0.2) is 22.5 Å². The number of methoxy groups -OCH3 is 1. The summed E-state index contributed by atoms with van der Waals surface area (Å²) in [5, 5.41) is 0.366. The highest BCUT2D eigenvalue weighted by Gasteiger charge is 2.11. The second kappa shape index (κ2) is 3.31. The van der Waals surface area contributed by atoms with Crippen molar-refractivity contribution in [3.63, 3.8) is 0 Å². The summed E-state index contributed by atoms with van der Waals surface area (Å²) in [5.74, 6) is -0.453. The summed E-state index contributed by atoms with van der Waals surface area (Å²) in [7, 11) is 1.32. The summed E-state index contributed by atoms with van der Waals surface area (Å²) in [5.41, 5.74) is 1.17. The van der Waals surface area contributed by atoms with Crippen LogP contribution in [0.1, 0.15) is 10.4 Å². The molecule has 2 aromatic heterocycles. The van der Waals surface area contributed by atoms with Crippen LogP contribution in [0, 0.1) is 0 Å². The first kappa shape index (κ1) is 9.02. The lowest BCUT2D eigenvalue weighted by Gasteiger charge is -2.02. The first-order valence-corrected chi connectivity index (χ1v) is 4.29. The summed E-state index contributed by atoms with van der Waals surface area (Å²) in [4.78, 5) is 15.2. The van der Waals surface area contributed by atoms with Gasteiger partial charge in [0, 0.05) is 6.20 Å². The number of imidazole rings is 1. The van der Waals surface area contributed by atoms with E-state index in [0.29, 0.717) is 10.6 Å². The van der Waals surface area contributed by atoms with Crippen molar-refractivity contribution < 1.29 is 9.53 Å². The molecule has 2 aromatic rings. The molecular weight excluding hydrogens is 204 g/mol. The summed E-state index contributed by atoms with van der Waals surface area (Å²) in [6.45, 7) is 0. The third kappa shape index (κ3) is 1.33. The van der Waals surface area contributed by atoms with Gasteiger partial charge in [0.1, 0.15) is 0 Å². The average molecular weight is 211 g/mol. The van der Waals surface area contributed by atoms with Crippen LogP contribution in [0.15, 0.2) is 24.8 Å². The smallest absolute Gasteiger partial charge is 0.340 e. The number of halogens is 1. The number of hydrogen-bond acceptors (Lipinski definition) is 3. The molecule has 0 bridgehead atoms. The van der Waals surface area contributed by atoms with Crippen molar-refractivity contribution in [3.05, 3.63) is 35.4 Å². The zero-order valence-electron chi connectivity index (χ0n) is 7.40. The van der Waals surface area contributed by atoms with Gasteiger partial charge in [-0.15, -0.1) is 0 Å². The average Bonchev–Trinajstić information content (AvgIpc) is 2.62. The Morgan fingerprint density at radius 2 is 2.43 bits per heavy atom. The highest BCUT2D eigenvalue weighted by molar-refractivity contribution is 6.33. The topological polar surface area (TPSA) is 43.6 Å². The predicted octanol–water partition coefficient (Wildman–Crippen LogP) is 1.77. The van der Waals surface area contributed by atoms with Crippen molar-refractivity contribution in [2.24, 2.45) is 0 Å². The number of carbonyl (C=O) groups is 1. The minimum absolute atomic E-state index is 0.333.